The molecule has 0 bridgehead atoms. The van der Waals surface area contributed by atoms with Crippen LogP contribution in [0.5, 0.6) is 0 Å². The van der Waals surface area contributed by atoms with E-state index in [9.17, 15) is 25.2 Å². The number of carbonyl (C=O) groups is 1. The molecule has 208 valence electrons. The Bertz CT molecular complexity index is 728. The zero-order valence-electron chi connectivity index (χ0n) is 20.6. The predicted molar refractivity (Wildman–Crippen MR) is 125 cm³/mol. The Morgan fingerprint density at radius 3 is 2.72 bits per heavy atom. The van der Waals surface area contributed by atoms with Crippen LogP contribution in [0.2, 0.25) is 0 Å². The van der Waals surface area contributed by atoms with E-state index < -0.39 is 67.7 Å². The zero-order valence-corrected chi connectivity index (χ0v) is 20.6. The number of amides is 1. The van der Waals surface area contributed by atoms with Gasteiger partial charge < -0.3 is 60.8 Å². The summed E-state index contributed by atoms with van der Waals surface area (Å²) >= 11 is 0. The molecule has 2 heterocycles. The normalized spacial score (nSPS) is 38.1. The van der Waals surface area contributed by atoms with Gasteiger partial charge in [0.25, 0.3) is 0 Å². The molecule has 3 aliphatic rings. The number of allylic oxidation sites excluding steroid dienone is 1. The molecule has 10 atom stereocenters. The van der Waals surface area contributed by atoms with Crippen LogP contribution in [0.1, 0.15) is 32.6 Å². The summed E-state index contributed by atoms with van der Waals surface area (Å²) in [4.78, 5) is 11.9. The molecule has 0 aromatic heterocycles. The first-order chi connectivity index (χ1) is 17.2. The van der Waals surface area contributed by atoms with Crippen molar-refractivity contribution in [3.63, 3.8) is 0 Å². The average molecular weight is 520 g/mol. The van der Waals surface area contributed by atoms with Crippen molar-refractivity contribution in [1.82, 2.24) is 10.6 Å². The van der Waals surface area contributed by atoms with E-state index in [1.807, 2.05) is 13.0 Å². The van der Waals surface area contributed by atoms with Crippen LogP contribution in [0.4, 0.5) is 0 Å². The fourth-order valence-electron chi connectivity index (χ4n) is 4.70. The molecule has 1 amide bonds. The highest BCUT2D eigenvalue weighted by molar-refractivity contribution is 5.77. The Hall–Kier alpha value is -1.39. The van der Waals surface area contributed by atoms with Crippen LogP contribution in [0.15, 0.2) is 11.8 Å². The predicted octanol–water partition coefficient (Wildman–Crippen LogP) is -2.97. The van der Waals surface area contributed by atoms with Crippen LogP contribution in [-0.2, 0) is 23.7 Å². The summed E-state index contributed by atoms with van der Waals surface area (Å²) in [5, 5.41) is 54.8. The van der Waals surface area contributed by atoms with E-state index in [4.69, 9.17) is 29.8 Å². The molecule has 3 rings (SSSR count). The minimum atomic E-state index is -1.29. The van der Waals surface area contributed by atoms with Crippen molar-refractivity contribution < 1.29 is 49.3 Å². The summed E-state index contributed by atoms with van der Waals surface area (Å²) < 4.78 is 23.6. The number of nitrogens with two attached hydrogens (primary N) is 1. The molecule has 0 spiro atoms. The maximum Gasteiger partial charge on any atom is 0.246 e. The summed E-state index contributed by atoms with van der Waals surface area (Å²) in [5.41, 5.74) is 6.33. The largest absolute Gasteiger partial charge is 0.468 e. The van der Waals surface area contributed by atoms with Crippen LogP contribution >= 0.6 is 0 Å². The van der Waals surface area contributed by atoms with Gasteiger partial charge in [-0.25, -0.2) is 0 Å². The van der Waals surface area contributed by atoms with Gasteiger partial charge in [-0.3, -0.25) is 4.79 Å². The standard InChI is InChI=1S/C23H41N3O10/c1-12-5-17(30)23(33-11-12)36-22-16(26-18(31)10-28)6-15(24)21(20(22)32)35-19-4-2-3-14(34-19)8-25-7-13(29)9-27/h3,12-13,15-17,19-23,25,27-30,32H,2,4-11,24H2,1H3,(H,26,31)/t12-,13?,15-,16+,17+,19+,20-,21+,22-,23+/m0/s1. The number of hydrogen-bond donors (Lipinski definition) is 8. The van der Waals surface area contributed by atoms with Crippen molar-refractivity contribution in [1.29, 1.82) is 0 Å². The highest BCUT2D eigenvalue weighted by Gasteiger charge is 2.48. The van der Waals surface area contributed by atoms with E-state index in [0.29, 0.717) is 38.2 Å². The van der Waals surface area contributed by atoms with Crippen molar-refractivity contribution in [3.05, 3.63) is 11.8 Å². The van der Waals surface area contributed by atoms with E-state index in [0.717, 1.165) is 0 Å². The topological polar surface area (TPSA) is 205 Å². The van der Waals surface area contributed by atoms with Gasteiger partial charge in [0.2, 0.25) is 5.91 Å². The Kier molecular flexibility index (Phi) is 11.3. The smallest absolute Gasteiger partial charge is 0.246 e. The van der Waals surface area contributed by atoms with Crippen molar-refractivity contribution in [2.45, 2.75) is 87.8 Å². The second kappa shape index (κ2) is 14.0. The summed E-state index contributed by atoms with van der Waals surface area (Å²) in [6.45, 7) is 1.77. The van der Waals surface area contributed by atoms with Crippen molar-refractivity contribution in [2.24, 2.45) is 11.7 Å². The number of aliphatic hydroxyl groups is 5. The van der Waals surface area contributed by atoms with E-state index in [1.54, 1.807) is 0 Å². The van der Waals surface area contributed by atoms with Gasteiger partial charge in [-0.1, -0.05) is 6.92 Å². The van der Waals surface area contributed by atoms with Gasteiger partial charge in [0.15, 0.2) is 12.6 Å². The molecule has 2 aliphatic heterocycles. The molecule has 0 radical (unpaired) electrons. The molecule has 0 aromatic carbocycles. The van der Waals surface area contributed by atoms with Crippen LogP contribution < -0.4 is 16.4 Å². The summed E-state index contributed by atoms with van der Waals surface area (Å²) in [5.74, 6) is 0.108. The summed E-state index contributed by atoms with van der Waals surface area (Å²) in [6, 6.07) is -1.42. The molecule has 1 unspecified atom stereocenters. The lowest BCUT2D eigenvalue weighted by molar-refractivity contribution is -0.282. The SMILES string of the molecule is C[C@@H]1CO[C@H](O[C@@H]2[C@@H](O)[C@H](O[C@@H]3CCC=C(CNCC(O)CO)O3)[C@@H](N)C[C@H]2NC(=O)CO)[C@H](O)C1. The molecular weight excluding hydrogens is 478 g/mol. The van der Waals surface area contributed by atoms with Gasteiger partial charge in [0.1, 0.15) is 36.8 Å². The number of nitrogens with one attached hydrogen (secondary N) is 2. The Balaban J connectivity index is 1.64. The maximum atomic E-state index is 11.9. The Labute approximate surface area is 210 Å². The fraction of sp³-hybridized carbons (Fsp3) is 0.870. The molecular formula is C23H41N3O10. The lowest BCUT2D eigenvalue weighted by atomic mass is 9.83. The fourth-order valence-corrected chi connectivity index (χ4v) is 4.70. The van der Waals surface area contributed by atoms with Crippen LogP contribution in [0.25, 0.3) is 0 Å². The highest BCUT2D eigenvalue weighted by atomic mass is 16.7. The van der Waals surface area contributed by atoms with Crippen LogP contribution in [0, 0.1) is 5.92 Å². The van der Waals surface area contributed by atoms with E-state index in [-0.39, 0.29) is 25.5 Å². The number of aliphatic hydroxyl groups excluding tert-OH is 5. The maximum absolute atomic E-state index is 11.9. The van der Waals surface area contributed by atoms with Gasteiger partial charge in [-0.15, -0.1) is 0 Å². The first-order valence-electron chi connectivity index (χ1n) is 12.5. The number of ether oxygens (including phenoxy) is 4. The molecule has 13 nitrogen and oxygen atoms in total. The number of carbonyl (C=O) groups excluding carboxylic acids is 1. The van der Waals surface area contributed by atoms with E-state index in [1.165, 1.54) is 0 Å². The minimum absolute atomic E-state index is 0.151. The van der Waals surface area contributed by atoms with Crippen molar-refractivity contribution in [3.8, 4) is 0 Å². The summed E-state index contributed by atoms with van der Waals surface area (Å²) in [7, 11) is 0. The van der Waals surface area contributed by atoms with E-state index in [2.05, 4.69) is 10.6 Å². The molecule has 13 heteroatoms. The first-order valence-corrected chi connectivity index (χ1v) is 12.5. The van der Waals surface area contributed by atoms with Crippen LogP contribution in [-0.4, -0.2) is 120 Å². The van der Waals surface area contributed by atoms with E-state index >= 15 is 0 Å². The molecule has 1 saturated heterocycles. The average Bonchev–Trinajstić information content (AvgIpc) is 2.85. The van der Waals surface area contributed by atoms with Crippen molar-refractivity contribution in [2.75, 3.05) is 32.9 Å². The molecule has 9 N–H and O–H groups in total. The van der Waals surface area contributed by atoms with Gasteiger partial charge in [-0.2, -0.15) is 0 Å². The lowest BCUT2D eigenvalue weighted by Crippen LogP contribution is -2.66. The quantitative estimate of drug-likeness (QED) is 0.138. The second-order valence-electron chi connectivity index (χ2n) is 9.80. The van der Waals surface area contributed by atoms with Gasteiger partial charge >= 0.3 is 0 Å². The second-order valence-corrected chi connectivity index (χ2v) is 9.80. The van der Waals surface area contributed by atoms with Crippen molar-refractivity contribution >= 4 is 5.91 Å². The third-order valence-electron chi connectivity index (χ3n) is 6.56. The third-order valence-corrected chi connectivity index (χ3v) is 6.56. The highest BCUT2D eigenvalue weighted by Crippen LogP contribution is 2.31. The number of hydrogen-bond acceptors (Lipinski definition) is 12. The molecule has 0 aromatic rings. The molecule has 1 saturated carbocycles. The minimum Gasteiger partial charge on any atom is -0.468 e. The summed E-state index contributed by atoms with van der Waals surface area (Å²) in [6.07, 6.45) is -2.93. The number of rotatable bonds is 11. The zero-order chi connectivity index (χ0) is 26.2. The Morgan fingerprint density at radius 1 is 1.25 bits per heavy atom. The first kappa shape index (κ1) is 29.2. The Morgan fingerprint density at radius 2 is 2.03 bits per heavy atom. The van der Waals surface area contributed by atoms with Gasteiger partial charge in [0, 0.05) is 19.0 Å². The third kappa shape index (κ3) is 8.05. The van der Waals surface area contributed by atoms with Gasteiger partial charge in [0.05, 0.1) is 31.9 Å². The van der Waals surface area contributed by atoms with Gasteiger partial charge in [-0.05, 0) is 31.3 Å². The van der Waals surface area contributed by atoms with Crippen LogP contribution in [0.3, 0.4) is 0 Å². The molecule has 36 heavy (non-hydrogen) atoms. The molecule has 2 fully saturated rings. The lowest BCUT2D eigenvalue weighted by Gasteiger charge is -2.46. The monoisotopic (exact) mass is 519 g/mol. The molecule has 1 aliphatic carbocycles.